The molecule has 0 aliphatic heterocycles. The van der Waals surface area contributed by atoms with Gasteiger partial charge in [0.1, 0.15) is 10.6 Å². The second kappa shape index (κ2) is 5.58. The quantitative estimate of drug-likeness (QED) is 0.802. The van der Waals surface area contributed by atoms with Crippen molar-refractivity contribution in [2.45, 2.75) is 25.3 Å². The third-order valence-corrected chi connectivity index (χ3v) is 4.40. The second-order valence-corrected chi connectivity index (χ2v) is 6.42. The zero-order chi connectivity index (χ0) is 14.8. The van der Waals surface area contributed by atoms with Gasteiger partial charge in [-0.3, -0.25) is 0 Å². The van der Waals surface area contributed by atoms with E-state index in [2.05, 4.69) is 6.58 Å². The fourth-order valence-corrected chi connectivity index (χ4v) is 2.98. The summed E-state index contributed by atoms with van der Waals surface area (Å²) in [5.74, 6) is -1.15. The number of aromatic nitrogens is 1. The van der Waals surface area contributed by atoms with Crippen molar-refractivity contribution in [1.29, 1.82) is 0 Å². The molecule has 0 bridgehead atoms. The molecule has 0 amide bonds. The lowest BCUT2D eigenvalue weighted by molar-refractivity contribution is 0.0685. The lowest BCUT2D eigenvalue weighted by Gasteiger charge is -2.15. The van der Waals surface area contributed by atoms with Crippen molar-refractivity contribution in [3.05, 3.63) is 30.1 Å². The van der Waals surface area contributed by atoms with Crippen LogP contribution in [0.5, 0.6) is 0 Å². The summed E-state index contributed by atoms with van der Waals surface area (Å²) in [5, 5.41) is 9.02. The number of carbonyl (C=O) groups is 1. The summed E-state index contributed by atoms with van der Waals surface area (Å²) in [4.78, 5) is 11.0. The highest BCUT2D eigenvalue weighted by Gasteiger charge is 2.24. The van der Waals surface area contributed by atoms with Crippen molar-refractivity contribution in [3.63, 3.8) is 0 Å². The first-order valence-electron chi connectivity index (χ1n) is 5.74. The molecule has 1 rings (SSSR count). The summed E-state index contributed by atoms with van der Waals surface area (Å²) in [6.07, 6.45) is 1.34. The largest absolute Gasteiger partial charge is 0.477 e. The molecule has 7 heteroatoms. The molecule has 0 aliphatic rings. The van der Waals surface area contributed by atoms with Gasteiger partial charge in [0.05, 0.1) is 0 Å². The van der Waals surface area contributed by atoms with Crippen molar-refractivity contribution in [2.75, 3.05) is 13.6 Å². The average molecular weight is 286 g/mol. The summed E-state index contributed by atoms with van der Waals surface area (Å²) in [6.45, 7) is 7.73. The van der Waals surface area contributed by atoms with Crippen LogP contribution in [-0.4, -0.2) is 42.0 Å². The molecule has 1 aromatic heterocycles. The Morgan fingerprint density at radius 2 is 2.11 bits per heavy atom. The van der Waals surface area contributed by atoms with Gasteiger partial charge in [0.15, 0.2) is 0 Å². The van der Waals surface area contributed by atoms with Crippen LogP contribution in [0.3, 0.4) is 0 Å². The predicted octanol–water partition coefficient (Wildman–Crippen LogP) is 1.40. The normalized spacial score (nSPS) is 11.8. The van der Waals surface area contributed by atoms with Crippen LogP contribution in [0.4, 0.5) is 0 Å². The molecule has 0 aromatic carbocycles. The van der Waals surface area contributed by atoms with Gasteiger partial charge in [-0.2, -0.15) is 4.31 Å². The van der Waals surface area contributed by atoms with Crippen LogP contribution >= 0.6 is 0 Å². The van der Waals surface area contributed by atoms with Gasteiger partial charge in [-0.05, 0) is 19.9 Å². The van der Waals surface area contributed by atoms with Gasteiger partial charge in [-0.25, -0.2) is 13.2 Å². The van der Waals surface area contributed by atoms with E-state index in [1.54, 1.807) is 13.8 Å². The van der Waals surface area contributed by atoms with E-state index in [4.69, 9.17) is 5.11 Å². The SMILES string of the molecule is C=C(C)CN(C)S(=O)(=O)c1cc(C(=O)O)n(CC)c1. The van der Waals surface area contributed by atoms with Gasteiger partial charge in [0.25, 0.3) is 0 Å². The zero-order valence-corrected chi connectivity index (χ0v) is 12.1. The molecule has 0 unspecified atom stereocenters. The summed E-state index contributed by atoms with van der Waals surface area (Å²) >= 11 is 0. The number of aryl methyl sites for hydroxylation is 1. The van der Waals surface area contributed by atoms with Crippen LogP contribution in [0.1, 0.15) is 24.3 Å². The van der Waals surface area contributed by atoms with E-state index in [1.807, 2.05) is 0 Å². The number of hydrogen-bond donors (Lipinski definition) is 1. The third-order valence-electron chi connectivity index (χ3n) is 2.63. The maximum absolute atomic E-state index is 12.3. The molecule has 0 fully saturated rings. The number of hydrogen-bond acceptors (Lipinski definition) is 3. The van der Waals surface area contributed by atoms with Crippen molar-refractivity contribution < 1.29 is 18.3 Å². The van der Waals surface area contributed by atoms with Gasteiger partial charge in [-0.1, -0.05) is 12.2 Å². The number of carboxylic acids is 1. The van der Waals surface area contributed by atoms with Crippen LogP contribution in [0.15, 0.2) is 29.3 Å². The maximum Gasteiger partial charge on any atom is 0.352 e. The van der Waals surface area contributed by atoms with Crippen molar-refractivity contribution >= 4 is 16.0 Å². The molecular formula is C12H18N2O4S. The van der Waals surface area contributed by atoms with Crippen molar-refractivity contribution in [1.82, 2.24) is 8.87 Å². The molecule has 106 valence electrons. The monoisotopic (exact) mass is 286 g/mol. The fraction of sp³-hybridized carbons (Fsp3) is 0.417. The molecule has 0 radical (unpaired) electrons. The molecule has 0 saturated carbocycles. The Bertz CT molecular complexity index is 601. The standard InChI is InChI=1S/C12H18N2O4S/c1-5-14-8-10(6-11(14)12(15)16)19(17,18)13(4)7-9(2)3/h6,8H,2,5,7H2,1,3-4H3,(H,15,16). The molecule has 0 saturated heterocycles. The smallest absolute Gasteiger partial charge is 0.352 e. The molecule has 1 heterocycles. The van der Waals surface area contributed by atoms with Crippen LogP contribution < -0.4 is 0 Å². The van der Waals surface area contributed by atoms with Gasteiger partial charge in [0, 0.05) is 26.3 Å². The lowest BCUT2D eigenvalue weighted by atomic mass is 10.4. The first kappa shape index (κ1) is 15.5. The maximum atomic E-state index is 12.3. The average Bonchev–Trinajstić information content (AvgIpc) is 2.72. The van der Waals surface area contributed by atoms with Crippen molar-refractivity contribution in [3.8, 4) is 0 Å². The number of aromatic carboxylic acids is 1. The van der Waals surface area contributed by atoms with Gasteiger partial charge < -0.3 is 9.67 Å². The van der Waals surface area contributed by atoms with Gasteiger partial charge in [0.2, 0.25) is 10.0 Å². The van der Waals surface area contributed by atoms with Crippen LogP contribution in [0.2, 0.25) is 0 Å². The number of sulfonamides is 1. The summed E-state index contributed by atoms with van der Waals surface area (Å²) in [7, 11) is -2.25. The minimum Gasteiger partial charge on any atom is -0.477 e. The summed E-state index contributed by atoms with van der Waals surface area (Å²) < 4.78 is 27.0. The van der Waals surface area contributed by atoms with E-state index in [1.165, 1.54) is 23.9 Å². The number of carboxylic acid groups (broad SMARTS) is 1. The molecule has 1 aromatic rings. The third kappa shape index (κ3) is 3.24. The molecule has 1 N–H and O–H groups in total. The van der Waals surface area contributed by atoms with E-state index >= 15 is 0 Å². The molecule has 0 atom stereocenters. The first-order valence-corrected chi connectivity index (χ1v) is 7.18. The molecule has 0 aliphatic carbocycles. The Hall–Kier alpha value is -1.60. The number of nitrogens with zero attached hydrogens (tertiary/aromatic N) is 2. The van der Waals surface area contributed by atoms with Crippen LogP contribution in [-0.2, 0) is 16.6 Å². The van der Waals surface area contributed by atoms with E-state index < -0.39 is 16.0 Å². The Morgan fingerprint density at radius 1 is 1.53 bits per heavy atom. The topological polar surface area (TPSA) is 79.6 Å². The van der Waals surface area contributed by atoms with Crippen LogP contribution in [0.25, 0.3) is 0 Å². The Balaban J connectivity index is 3.22. The highest BCUT2D eigenvalue weighted by Crippen LogP contribution is 2.19. The minimum absolute atomic E-state index is 0.0181. The predicted molar refractivity (Wildman–Crippen MR) is 71.7 cm³/mol. The molecule has 0 spiro atoms. The van der Waals surface area contributed by atoms with E-state index in [0.717, 1.165) is 4.31 Å². The molecule has 6 nitrogen and oxygen atoms in total. The Kier molecular flexibility index (Phi) is 4.54. The highest BCUT2D eigenvalue weighted by atomic mass is 32.2. The molecular weight excluding hydrogens is 268 g/mol. The van der Waals surface area contributed by atoms with Gasteiger partial charge >= 0.3 is 5.97 Å². The van der Waals surface area contributed by atoms with E-state index in [-0.39, 0.29) is 17.1 Å². The zero-order valence-electron chi connectivity index (χ0n) is 11.3. The van der Waals surface area contributed by atoms with E-state index in [9.17, 15) is 13.2 Å². The van der Waals surface area contributed by atoms with Crippen LogP contribution in [0, 0.1) is 0 Å². The van der Waals surface area contributed by atoms with Crippen molar-refractivity contribution in [2.24, 2.45) is 0 Å². The van der Waals surface area contributed by atoms with E-state index in [0.29, 0.717) is 12.1 Å². The second-order valence-electron chi connectivity index (χ2n) is 4.37. The highest BCUT2D eigenvalue weighted by molar-refractivity contribution is 7.89. The Labute approximate surface area is 113 Å². The molecule has 19 heavy (non-hydrogen) atoms. The summed E-state index contributed by atoms with van der Waals surface area (Å²) in [5.41, 5.74) is 0.671. The first-order chi connectivity index (χ1) is 8.70. The number of rotatable bonds is 6. The van der Waals surface area contributed by atoms with Gasteiger partial charge in [-0.15, -0.1) is 0 Å². The lowest BCUT2D eigenvalue weighted by Crippen LogP contribution is -2.28. The fourth-order valence-electron chi connectivity index (χ4n) is 1.71. The summed E-state index contributed by atoms with van der Waals surface area (Å²) in [6, 6.07) is 1.18. The number of likely N-dealkylation sites (N-methyl/N-ethyl adjacent to an activating group) is 1. The minimum atomic E-state index is -3.69. The Morgan fingerprint density at radius 3 is 2.47 bits per heavy atom.